The Morgan fingerprint density at radius 3 is 1.95 bits per heavy atom. The van der Waals surface area contributed by atoms with Crippen LogP contribution in [0.15, 0.2) is 30.3 Å². The molecule has 0 radical (unpaired) electrons. The molecule has 0 atom stereocenters. The number of rotatable bonds is 8. The average molecular weight is 294 g/mol. The monoisotopic (exact) mass is 294 g/mol. The molecule has 0 unspecified atom stereocenters. The predicted octanol–water partition coefficient (Wildman–Crippen LogP) is 1.99. The Balaban J connectivity index is 3.15. The van der Waals surface area contributed by atoms with Crippen molar-refractivity contribution in [2.24, 2.45) is 5.41 Å². The van der Waals surface area contributed by atoms with E-state index in [1.54, 1.807) is 13.8 Å². The van der Waals surface area contributed by atoms with Crippen molar-refractivity contribution in [3.8, 4) is 0 Å². The summed E-state index contributed by atoms with van der Waals surface area (Å²) in [4.78, 5) is 24.7. The van der Waals surface area contributed by atoms with Gasteiger partial charge in [0.2, 0.25) is 0 Å². The van der Waals surface area contributed by atoms with Gasteiger partial charge in [0.1, 0.15) is 0 Å². The lowest BCUT2D eigenvalue weighted by Gasteiger charge is -2.28. The van der Waals surface area contributed by atoms with Crippen LogP contribution >= 0.6 is 0 Å². The second kappa shape index (κ2) is 8.42. The van der Waals surface area contributed by atoms with Crippen molar-refractivity contribution in [1.82, 2.24) is 0 Å². The molecule has 0 saturated carbocycles. The third-order valence-corrected chi connectivity index (χ3v) is 3.07. The highest BCUT2D eigenvalue weighted by Crippen LogP contribution is 2.28. The van der Waals surface area contributed by atoms with Gasteiger partial charge in [-0.15, -0.1) is 0 Å². The Labute approximate surface area is 125 Å². The van der Waals surface area contributed by atoms with Gasteiger partial charge in [0.15, 0.2) is 5.41 Å². The van der Waals surface area contributed by atoms with Crippen LogP contribution < -0.4 is 0 Å². The molecule has 1 aromatic carbocycles. The van der Waals surface area contributed by atoms with Gasteiger partial charge < -0.3 is 14.2 Å². The maximum Gasteiger partial charge on any atom is 0.326 e. The second-order valence-electron chi connectivity index (χ2n) is 4.62. The summed E-state index contributed by atoms with van der Waals surface area (Å²) in [6.07, 6.45) is 0.180. The van der Waals surface area contributed by atoms with Crippen molar-refractivity contribution in [3.05, 3.63) is 35.9 Å². The van der Waals surface area contributed by atoms with Gasteiger partial charge in [-0.25, -0.2) is 0 Å². The van der Waals surface area contributed by atoms with Crippen LogP contribution in [0.2, 0.25) is 0 Å². The molecule has 0 N–H and O–H groups in total. The van der Waals surface area contributed by atoms with Crippen molar-refractivity contribution in [2.75, 3.05) is 26.9 Å². The second-order valence-corrected chi connectivity index (χ2v) is 4.62. The van der Waals surface area contributed by atoms with Gasteiger partial charge in [-0.2, -0.15) is 0 Å². The zero-order valence-corrected chi connectivity index (χ0v) is 12.8. The highest BCUT2D eigenvalue weighted by Gasteiger charge is 2.49. The molecule has 1 aromatic rings. The Morgan fingerprint density at radius 2 is 1.52 bits per heavy atom. The van der Waals surface area contributed by atoms with E-state index in [2.05, 4.69) is 0 Å². The summed E-state index contributed by atoms with van der Waals surface area (Å²) in [5.74, 6) is -1.23. The smallest absolute Gasteiger partial charge is 0.326 e. The van der Waals surface area contributed by atoms with E-state index < -0.39 is 17.4 Å². The lowest BCUT2D eigenvalue weighted by atomic mass is 9.82. The molecular formula is C16H22O5. The molecule has 0 aliphatic heterocycles. The Bertz CT molecular complexity index is 437. The fraction of sp³-hybridized carbons (Fsp3) is 0.500. The van der Waals surface area contributed by atoms with Crippen molar-refractivity contribution < 1.29 is 23.8 Å². The summed E-state index contributed by atoms with van der Waals surface area (Å²) in [6.45, 7) is 3.70. The molecule has 5 heteroatoms. The van der Waals surface area contributed by atoms with Crippen LogP contribution in [0.5, 0.6) is 0 Å². The zero-order chi connectivity index (χ0) is 15.7. The van der Waals surface area contributed by atoms with Crippen LogP contribution in [-0.2, 0) is 30.2 Å². The number of carbonyl (C=O) groups is 2. The largest absolute Gasteiger partial charge is 0.465 e. The van der Waals surface area contributed by atoms with Crippen molar-refractivity contribution in [2.45, 2.75) is 20.3 Å². The van der Waals surface area contributed by atoms with Gasteiger partial charge in [0.05, 0.1) is 19.8 Å². The van der Waals surface area contributed by atoms with E-state index in [-0.39, 0.29) is 26.2 Å². The molecular weight excluding hydrogens is 272 g/mol. The van der Waals surface area contributed by atoms with Crippen molar-refractivity contribution >= 4 is 11.9 Å². The number of esters is 2. The fourth-order valence-electron chi connectivity index (χ4n) is 2.13. The zero-order valence-electron chi connectivity index (χ0n) is 12.8. The Hall–Kier alpha value is -1.88. The van der Waals surface area contributed by atoms with Gasteiger partial charge in [-0.05, 0) is 19.4 Å². The first kappa shape index (κ1) is 17.2. The van der Waals surface area contributed by atoms with Crippen LogP contribution in [0.4, 0.5) is 0 Å². The number of hydrogen-bond donors (Lipinski definition) is 0. The van der Waals surface area contributed by atoms with Crippen molar-refractivity contribution in [3.63, 3.8) is 0 Å². The third-order valence-electron chi connectivity index (χ3n) is 3.07. The van der Waals surface area contributed by atoms with E-state index in [0.717, 1.165) is 5.56 Å². The molecule has 0 aliphatic rings. The van der Waals surface area contributed by atoms with Gasteiger partial charge in [-0.1, -0.05) is 30.3 Å². The molecule has 0 aromatic heterocycles. The first-order valence-corrected chi connectivity index (χ1v) is 6.98. The predicted molar refractivity (Wildman–Crippen MR) is 77.7 cm³/mol. The topological polar surface area (TPSA) is 61.8 Å². The number of benzene rings is 1. The minimum Gasteiger partial charge on any atom is -0.465 e. The van der Waals surface area contributed by atoms with Crippen LogP contribution in [0.1, 0.15) is 19.4 Å². The molecule has 0 fully saturated rings. The molecule has 0 aliphatic carbocycles. The van der Waals surface area contributed by atoms with E-state index >= 15 is 0 Å². The maximum absolute atomic E-state index is 12.4. The summed E-state index contributed by atoms with van der Waals surface area (Å²) in [6, 6.07) is 9.27. The summed E-state index contributed by atoms with van der Waals surface area (Å²) in [5.41, 5.74) is -0.627. The summed E-state index contributed by atoms with van der Waals surface area (Å²) in [5, 5.41) is 0. The first-order chi connectivity index (χ1) is 10.1. The van der Waals surface area contributed by atoms with Crippen LogP contribution in [0, 0.1) is 5.41 Å². The molecule has 21 heavy (non-hydrogen) atoms. The maximum atomic E-state index is 12.4. The lowest BCUT2D eigenvalue weighted by Crippen LogP contribution is -2.47. The van der Waals surface area contributed by atoms with Crippen LogP contribution in [0.25, 0.3) is 0 Å². The van der Waals surface area contributed by atoms with E-state index in [1.807, 2.05) is 30.3 Å². The quantitative estimate of drug-likeness (QED) is 0.542. The van der Waals surface area contributed by atoms with Gasteiger partial charge in [-0.3, -0.25) is 9.59 Å². The normalized spacial score (nSPS) is 11.0. The highest BCUT2D eigenvalue weighted by atomic mass is 16.6. The third kappa shape index (κ3) is 4.29. The summed E-state index contributed by atoms with van der Waals surface area (Å²) < 4.78 is 15.3. The molecule has 1 rings (SSSR count). The first-order valence-electron chi connectivity index (χ1n) is 6.98. The van der Waals surface area contributed by atoms with E-state index in [9.17, 15) is 9.59 Å². The number of carbonyl (C=O) groups excluding carboxylic acids is 2. The minimum atomic E-state index is -1.47. The molecule has 0 bridgehead atoms. The average Bonchev–Trinajstić information content (AvgIpc) is 2.48. The molecule has 0 saturated heterocycles. The van der Waals surface area contributed by atoms with Crippen LogP contribution in [-0.4, -0.2) is 38.9 Å². The minimum absolute atomic E-state index is 0.0838. The van der Waals surface area contributed by atoms with Gasteiger partial charge in [0.25, 0.3) is 0 Å². The molecule has 0 spiro atoms. The summed E-state index contributed by atoms with van der Waals surface area (Å²) in [7, 11) is 1.44. The number of hydrogen-bond acceptors (Lipinski definition) is 5. The highest BCUT2D eigenvalue weighted by molar-refractivity contribution is 6.00. The summed E-state index contributed by atoms with van der Waals surface area (Å²) >= 11 is 0. The fourth-order valence-corrected chi connectivity index (χ4v) is 2.13. The van der Waals surface area contributed by atoms with Gasteiger partial charge >= 0.3 is 11.9 Å². The SMILES string of the molecule is CCOC(=O)C(COC)(Cc1ccccc1)C(=O)OCC. The Kier molecular flexibility index (Phi) is 6.88. The number of ether oxygens (including phenoxy) is 3. The van der Waals surface area contributed by atoms with Gasteiger partial charge in [0, 0.05) is 13.5 Å². The molecule has 116 valence electrons. The molecule has 0 amide bonds. The van der Waals surface area contributed by atoms with E-state index in [1.165, 1.54) is 7.11 Å². The van der Waals surface area contributed by atoms with Crippen molar-refractivity contribution in [1.29, 1.82) is 0 Å². The Morgan fingerprint density at radius 1 is 1.00 bits per heavy atom. The number of methoxy groups -OCH3 is 1. The standard InChI is InChI=1S/C16H22O5/c1-4-20-14(17)16(12-19-3,15(18)21-5-2)11-13-9-7-6-8-10-13/h6-10H,4-5,11-12H2,1-3H3. The van der Waals surface area contributed by atoms with E-state index in [4.69, 9.17) is 14.2 Å². The molecule has 0 heterocycles. The lowest BCUT2D eigenvalue weighted by molar-refractivity contribution is -0.176. The van der Waals surface area contributed by atoms with Crippen LogP contribution in [0.3, 0.4) is 0 Å². The molecule has 5 nitrogen and oxygen atoms in total. The van der Waals surface area contributed by atoms with E-state index in [0.29, 0.717) is 0 Å².